The van der Waals surface area contributed by atoms with Gasteiger partial charge < -0.3 is 4.57 Å². The maximum atomic E-state index is 4.74. The first kappa shape index (κ1) is 22.5. The molecule has 0 spiro atoms. The summed E-state index contributed by atoms with van der Waals surface area (Å²) >= 11 is 0. The molecule has 6 aromatic rings. The van der Waals surface area contributed by atoms with Crippen molar-refractivity contribution < 1.29 is 0 Å². The van der Waals surface area contributed by atoms with E-state index in [1.54, 1.807) is 0 Å². The topological polar surface area (TPSA) is 35.6 Å². The van der Waals surface area contributed by atoms with E-state index < -0.39 is 0 Å². The van der Waals surface area contributed by atoms with Gasteiger partial charge in [0.05, 0.1) is 16.7 Å². The lowest BCUT2D eigenvalue weighted by molar-refractivity contribution is 0.957. The van der Waals surface area contributed by atoms with Gasteiger partial charge in [0, 0.05) is 22.0 Å². The predicted molar refractivity (Wildman–Crippen MR) is 157 cm³/mol. The van der Waals surface area contributed by atoms with Crippen LogP contribution >= 0.6 is 0 Å². The van der Waals surface area contributed by atoms with Crippen LogP contribution in [-0.2, 0) is 0 Å². The molecule has 2 heterocycles. The molecule has 4 heteroatoms. The number of aryl methyl sites for hydroxylation is 1. The lowest BCUT2D eigenvalue weighted by Gasteiger charge is -2.17. The van der Waals surface area contributed by atoms with Crippen molar-refractivity contribution in [2.75, 3.05) is 0 Å². The largest absolute Gasteiger partial charge is 0.309 e. The Balaban J connectivity index is 1.39. The average molecular weight is 493 g/mol. The molecule has 0 amide bonds. The quantitative estimate of drug-likeness (QED) is 0.248. The summed E-state index contributed by atoms with van der Waals surface area (Å²) in [5.74, 6) is 1.78. The zero-order valence-electron chi connectivity index (χ0n) is 21.6. The molecule has 0 bridgehead atoms. The number of nitrogens with zero attached hydrogens (tertiary/aromatic N) is 4. The van der Waals surface area contributed by atoms with Gasteiger partial charge in [-0.2, -0.15) is 0 Å². The first-order valence-electron chi connectivity index (χ1n) is 13.2. The van der Waals surface area contributed by atoms with Crippen LogP contribution in [0.3, 0.4) is 0 Å². The van der Waals surface area contributed by atoms with Crippen LogP contribution in [0.1, 0.15) is 29.8 Å². The Morgan fingerprint density at radius 1 is 0.658 bits per heavy atom. The van der Waals surface area contributed by atoms with Gasteiger partial charge in [-0.1, -0.05) is 66.8 Å². The number of rotatable bonds is 4. The summed E-state index contributed by atoms with van der Waals surface area (Å²) in [5.41, 5.74) is 9.43. The van der Waals surface area contributed by atoms with E-state index in [9.17, 15) is 0 Å². The molecule has 0 saturated heterocycles. The van der Waals surface area contributed by atoms with E-state index in [1.807, 2.05) is 0 Å². The third kappa shape index (κ3) is 3.52. The van der Waals surface area contributed by atoms with Gasteiger partial charge in [-0.05, 0) is 85.9 Å². The van der Waals surface area contributed by atoms with Crippen LogP contribution in [0.4, 0.5) is 0 Å². The van der Waals surface area contributed by atoms with E-state index in [2.05, 4.69) is 132 Å². The zero-order valence-corrected chi connectivity index (χ0v) is 21.6. The Morgan fingerprint density at radius 2 is 1.34 bits per heavy atom. The minimum atomic E-state index is 0.859. The second kappa shape index (κ2) is 9.00. The summed E-state index contributed by atoms with van der Waals surface area (Å²) < 4.78 is 4.58. The molecule has 0 unspecified atom stereocenters. The minimum Gasteiger partial charge on any atom is -0.309 e. The van der Waals surface area contributed by atoms with E-state index in [0.717, 1.165) is 41.4 Å². The summed E-state index contributed by atoms with van der Waals surface area (Å²) in [4.78, 5) is 0. The molecule has 0 atom stereocenters. The van der Waals surface area contributed by atoms with Crippen molar-refractivity contribution in [3.8, 4) is 22.8 Å². The van der Waals surface area contributed by atoms with Gasteiger partial charge in [0.25, 0.3) is 0 Å². The summed E-state index contributed by atoms with van der Waals surface area (Å²) in [6, 6.07) is 32.4. The fourth-order valence-electron chi connectivity index (χ4n) is 5.63. The van der Waals surface area contributed by atoms with Crippen LogP contribution < -0.4 is 0 Å². The molecule has 184 valence electrons. The second-order valence-electron chi connectivity index (χ2n) is 9.98. The van der Waals surface area contributed by atoms with Gasteiger partial charge >= 0.3 is 0 Å². The first-order valence-corrected chi connectivity index (χ1v) is 13.2. The van der Waals surface area contributed by atoms with Crippen molar-refractivity contribution >= 4 is 27.4 Å². The Bertz CT molecular complexity index is 1830. The number of benzene rings is 4. The van der Waals surface area contributed by atoms with E-state index in [4.69, 9.17) is 10.2 Å². The molecule has 2 aromatic heterocycles. The molecular weight excluding hydrogens is 464 g/mol. The van der Waals surface area contributed by atoms with Gasteiger partial charge in [-0.3, -0.25) is 4.57 Å². The fourth-order valence-corrected chi connectivity index (χ4v) is 5.63. The molecule has 0 fully saturated rings. The van der Waals surface area contributed by atoms with E-state index in [0.29, 0.717) is 0 Å². The van der Waals surface area contributed by atoms with Gasteiger partial charge in [0.15, 0.2) is 11.6 Å². The lowest BCUT2D eigenvalue weighted by Crippen LogP contribution is -2.06. The summed E-state index contributed by atoms with van der Waals surface area (Å²) in [6.07, 6.45) is 8.49. The van der Waals surface area contributed by atoms with E-state index >= 15 is 0 Å². The third-order valence-corrected chi connectivity index (χ3v) is 7.74. The zero-order chi connectivity index (χ0) is 25.6. The normalized spacial score (nSPS) is 13.4. The summed E-state index contributed by atoms with van der Waals surface area (Å²) in [6.45, 7) is 4.34. The van der Waals surface area contributed by atoms with Crippen LogP contribution in [0.5, 0.6) is 0 Å². The maximum Gasteiger partial charge on any atom is 0.168 e. The highest BCUT2D eigenvalue weighted by Crippen LogP contribution is 2.34. The van der Waals surface area contributed by atoms with Crippen molar-refractivity contribution in [3.05, 3.63) is 126 Å². The minimum absolute atomic E-state index is 0.859. The average Bonchev–Trinajstić information content (AvgIpc) is 3.55. The molecule has 0 aliphatic heterocycles. The van der Waals surface area contributed by atoms with E-state index in [-0.39, 0.29) is 0 Å². The summed E-state index contributed by atoms with van der Waals surface area (Å²) in [7, 11) is 0. The SMILES string of the molecule is Cc1cccc(-n2c(C3=CC=CCC3)nnc2-c2ccc(-n3c4ccccc4c4ccccc43)cc2)c1C. The van der Waals surface area contributed by atoms with Gasteiger partial charge in [-0.25, -0.2) is 0 Å². The van der Waals surface area contributed by atoms with Crippen molar-refractivity contribution in [2.24, 2.45) is 0 Å². The van der Waals surface area contributed by atoms with Crippen molar-refractivity contribution in [2.45, 2.75) is 26.7 Å². The number of hydrogen-bond donors (Lipinski definition) is 0. The monoisotopic (exact) mass is 492 g/mol. The molecule has 1 aliphatic carbocycles. The number of para-hydroxylation sites is 2. The molecule has 0 radical (unpaired) electrons. The van der Waals surface area contributed by atoms with Crippen LogP contribution in [0, 0.1) is 13.8 Å². The second-order valence-corrected chi connectivity index (χ2v) is 9.98. The molecule has 38 heavy (non-hydrogen) atoms. The van der Waals surface area contributed by atoms with E-state index in [1.165, 1.54) is 38.5 Å². The maximum absolute atomic E-state index is 4.74. The van der Waals surface area contributed by atoms with Crippen LogP contribution in [0.2, 0.25) is 0 Å². The Kier molecular flexibility index (Phi) is 5.33. The van der Waals surface area contributed by atoms with Gasteiger partial charge in [0.2, 0.25) is 0 Å². The highest BCUT2D eigenvalue weighted by atomic mass is 15.3. The number of hydrogen-bond acceptors (Lipinski definition) is 2. The Morgan fingerprint density at radius 3 is 2.03 bits per heavy atom. The molecule has 0 N–H and O–H groups in total. The van der Waals surface area contributed by atoms with Crippen molar-refractivity contribution in [1.29, 1.82) is 0 Å². The number of aromatic nitrogens is 4. The molecule has 4 nitrogen and oxygen atoms in total. The first-order chi connectivity index (χ1) is 18.7. The predicted octanol–water partition coefficient (Wildman–Crippen LogP) is 8.38. The van der Waals surface area contributed by atoms with Crippen LogP contribution in [0.25, 0.3) is 50.1 Å². The van der Waals surface area contributed by atoms with Crippen molar-refractivity contribution in [1.82, 2.24) is 19.3 Å². The highest BCUT2D eigenvalue weighted by Gasteiger charge is 2.21. The fraction of sp³-hybridized carbons (Fsp3) is 0.118. The smallest absolute Gasteiger partial charge is 0.168 e. The van der Waals surface area contributed by atoms with Crippen LogP contribution in [-0.4, -0.2) is 19.3 Å². The van der Waals surface area contributed by atoms with Crippen LogP contribution in [0.15, 0.2) is 109 Å². The number of fused-ring (bicyclic) bond motifs is 3. The molecule has 7 rings (SSSR count). The van der Waals surface area contributed by atoms with Gasteiger partial charge in [-0.15, -0.1) is 10.2 Å². The lowest BCUT2D eigenvalue weighted by atomic mass is 10.0. The molecule has 0 saturated carbocycles. The molecule has 4 aromatic carbocycles. The Hall–Kier alpha value is -4.70. The number of allylic oxidation sites excluding steroid dienone is 4. The molecular formula is C34H28N4. The molecule has 1 aliphatic rings. The highest BCUT2D eigenvalue weighted by molar-refractivity contribution is 6.09. The summed E-state index contributed by atoms with van der Waals surface area (Å²) in [5, 5.41) is 12.0. The van der Waals surface area contributed by atoms with Gasteiger partial charge in [0.1, 0.15) is 0 Å². The third-order valence-electron chi connectivity index (χ3n) is 7.74. The standard InChI is InChI=1S/C34H28N4/c1-23-11-10-18-30(24(23)2)38-33(25-12-4-3-5-13-25)35-36-34(38)26-19-21-27(22-20-26)37-31-16-8-6-14-28(31)29-15-7-9-17-32(29)37/h3-4,6-12,14-22H,5,13H2,1-2H3. The Labute approximate surface area is 222 Å². The van der Waals surface area contributed by atoms with Crippen molar-refractivity contribution in [3.63, 3.8) is 0 Å².